The van der Waals surface area contributed by atoms with Crippen molar-refractivity contribution >= 4 is 5.84 Å². The molecule has 1 unspecified atom stereocenters. The topological polar surface area (TPSA) is 27.1 Å². The van der Waals surface area contributed by atoms with Gasteiger partial charge in [-0.2, -0.15) is 0 Å². The Hall–Kier alpha value is -1.38. The number of amidine groups is 1. The summed E-state index contributed by atoms with van der Waals surface area (Å²) in [5, 5.41) is 8.14. The van der Waals surface area contributed by atoms with E-state index in [4.69, 9.17) is 5.41 Å². The summed E-state index contributed by atoms with van der Waals surface area (Å²) >= 11 is 0. The van der Waals surface area contributed by atoms with Gasteiger partial charge in [0.2, 0.25) is 0 Å². The molecule has 1 N–H and O–H groups in total. The molecule has 0 spiro atoms. The summed E-state index contributed by atoms with van der Waals surface area (Å²) in [5.41, 5.74) is 2.03. The molecule has 1 atom stereocenters. The molecule has 1 heterocycles. The monoisotopic (exact) mass is 248 g/mol. The maximum Gasteiger partial charge on any atom is 0.128 e. The van der Waals surface area contributed by atoms with E-state index in [1.165, 1.54) is 12.1 Å². The summed E-state index contributed by atoms with van der Waals surface area (Å²) in [6.45, 7) is 10.4. The molecule has 0 saturated carbocycles. The Labute approximate surface area is 108 Å². The van der Waals surface area contributed by atoms with Crippen LogP contribution in [0.25, 0.3) is 0 Å². The summed E-state index contributed by atoms with van der Waals surface area (Å²) in [6.07, 6.45) is 0. The van der Waals surface area contributed by atoms with Crippen LogP contribution in [0.4, 0.5) is 4.39 Å². The predicted octanol–water partition coefficient (Wildman–Crippen LogP) is 3.65. The molecule has 1 aromatic carbocycles. The number of rotatable bonds is 2. The van der Waals surface area contributed by atoms with Crippen molar-refractivity contribution in [2.75, 3.05) is 6.54 Å². The van der Waals surface area contributed by atoms with E-state index in [-0.39, 0.29) is 11.2 Å². The number of nitrogens with one attached hydrogen (secondary N) is 1. The van der Waals surface area contributed by atoms with Crippen molar-refractivity contribution < 1.29 is 4.39 Å². The fraction of sp³-hybridized carbons (Fsp3) is 0.533. The maximum atomic E-state index is 13.2. The van der Waals surface area contributed by atoms with E-state index in [0.717, 1.165) is 24.2 Å². The molecular formula is C15H21FN2. The summed E-state index contributed by atoms with van der Waals surface area (Å²) in [6, 6.07) is 4.74. The van der Waals surface area contributed by atoms with Gasteiger partial charge in [0.1, 0.15) is 11.7 Å². The quantitative estimate of drug-likeness (QED) is 0.849. The lowest BCUT2D eigenvalue weighted by Gasteiger charge is -2.31. The van der Waals surface area contributed by atoms with Gasteiger partial charge >= 0.3 is 0 Å². The van der Waals surface area contributed by atoms with Crippen molar-refractivity contribution in [1.82, 2.24) is 4.90 Å². The van der Waals surface area contributed by atoms with Crippen LogP contribution in [-0.2, 0) is 6.54 Å². The first kappa shape index (κ1) is 13.1. The predicted molar refractivity (Wildman–Crippen MR) is 72.3 cm³/mol. The van der Waals surface area contributed by atoms with Gasteiger partial charge in [-0.05, 0) is 29.0 Å². The molecule has 2 nitrogen and oxygen atoms in total. The van der Waals surface area contributed by atoms with Gasteiger partial charge in [0.05, 0.1) is 0 Å². The SMILES string of the molecule is CC(CN1Cc2ccc(F)cc2C1=N)C(C)(C)C. The lowest BCUT2D eigenvalue weighted by molar-refractivity contribution is 0.209. The van der Waals surface area contributed by atoms with Crippen molar-refractivity contribution in [2.24, 2.45) is 11.3 Å². The fourth-order valence-electron chi connectivity index (χ4n) is 2.12. The van der Waals surface area contributed by atoms with Crippen molar-refractivity contribution in [1.29, 1.82) is 5.41 Å². The lowest BCUT2D eigenvalue weighted by atomic mass is 9.82. The van der Waals surface area contributed by atoms with Crippen molar-refractivity contribution in [3.63, 3.8) is 0 Å². The van der Waals surface area contributed by atoms with Crippen LogP contribution in [0.3, 0.4) is 0 Å². The second-order valence-electron chi connectivity index (χ2n) is 6.30. The summed E-state index contributed by atoms with van der Waals surface area (Å²) < 4.78 is 13.2. The van der Waals surface area contributed by atoms with Crippen molar-refractivity contribution in [2.45, 2.75) is 34.2 Å². The van der Waals surface area contributed by atoms with Gasteiger partial charge in [-0.3, -0.25) is 5.41 Å². The first-order valence-corrected chi connectivity index (χ1v) is 6.41. The average molecular weight is 248 g/mol. The summed E-state index contributed by atoms with van der Waals surface area (Å²) in [7, 11) is 0. The first-order chi connectivity index (χ1) is 8.29. The molecular weight excluding hydrogens is 227 g/mol. The van der Waals surface area contributed by atoms with Gasteiger partial charge in [-0.1, -0.05) is 33.8 Å². The minimum Gasteiger partial charge on any atom is -0.352 e. The molecule has 0 amide bonds. The van der Waals surface area contributed by atoms with E-state index in [9.17, 15) is 4.39 Å². The largest absolute Gasteiger partial charge is 0.352 e. The Bertz CT molecular complexity index is 474. The van der Waals surface area contributed by atoms with Crippen LogP contribution in [0.15, 0.2) is 18.2 Å². The second-order valence-corrected chi connectivity index (χ2v) is 6.30. The normalized spacial score (nSPS) is 16.9. The van der Waals surface area contributed by atoms with Gasteiger partial charge in [0.15, 0.2) is 0 Å². The molecule has 0 fully saturated rings. The van der Waals surface area contributed by atoms with Crippen LogP contribution in [0, 0.1) is 22.6 Å². The molecule has 0 saturated heterocycles. The van der Waals surface area contributed by atoms with Gasteiger partial charge in [-0.25, -0.2) is 4.39 Å². The highest BCUT2D eigenvalue weighted by molar-refractivity contribution is 6.00. The highest BCUT2D eigenvalue weighted by Crippen LogP contribution is 2.30. The summed E-state index contributed by atoms with van der Waals surface area (Å²) in [5.74, 6) is 0.682. The van der Waals surface area contributed by atoms with Gasteiger partial charge < -0.3 is 4.90 Å². The second kappa shape index (κ2) is 4.38. The molecule has 0 aromatic heterocycles. The number of halogens is 1. The van der Waals surface area contributed by atoms with Crippen LogP contribution < -0.4 is 0 Å². The highest BCUT2D eigenvalue weighted by Gasteiger charge is 2.29. The van der Waals surface area contributed by atoms with Gasteiger partial charge in [0, 0.05) is 18.7 Å². The third-order valence-corrected chi connectivity index (χ3v) is 3.98. The number of hydrogen-bond donors (Lipinski definition) is 1. The minimum absolute atomic E-state index is 0.223. The fourth-order valence-corrected chi connectivity index (χ4v) is 2.12. The standard InChI is InChI=1S/C15H21FN2/c1-10(15(2,3)4)8-18-9-11-5-6-12(16)7-13(11)14(18)17/h5-7,10,17H,8-9H2,1-4H3. The molecule has 18 heavy (non-hydrogen) atoms. The molecule has 1 aliphatic heterocycles. The Balaban J connectivity index is 2.15. The van der Waals surface area contributed by atoms with Gasteiger partial charge in [0.25, 0.3) is 0 Å². The van der Waals surface area contributed by atoms with Crippen LogP contribution >= 0.6 is 0 Å². The third-order valence-electron chi connectivity index (χ3n) is 3.98. The third kappa shape index (κ3) is 2.40. The van der Waals surface area contributed by atoms with Crippen LogP contribution in [0.2, 0.25) is 0 Å². The zero-order valence-corrected chi connectivity index (χ0v) is 11.5. The number of nitrogens with zero attached hydrogens (tertiary/aromatic N) is 1. The Morgan fingerprint density at radius 1 is 1.39 bits per heavy atom. The summed E-state index contributed by atoms with van der Waals surface area (Å²) in [4.78, 5) is 2.04. The zero-order chi connectivity index (χ0) is 13.5. The number of hydrogen-bond acceptors (Lipinski definition) is 1. The lowest BCUT2D eigenvalue weighted by Crippen LogP contribution is -2.34. The number of benzene rings is 1. The average Bonchev–Trinajstić information content (AvgIpc) is 2.55. The van der Waals surface area contributed by atoms with E-state index in [1.807, 2.05) is 4.90 Å². The Morgan fingerprint density at radius 3 is 2.67 bits per heavy atom. The Kier molecular flexibility index (Phi) is 3.18. The molecule has 0 bridgehead atoms. The van der Waals surface area contributed by atoms with E-state index in [1.54, 1.807) is 6.07 Å². The smallest absolute Gasteiger partial charge is 0.128 e. The van der Waals surface area contributed by atoms with Gasteiger partial charge in [-0.15, -0.1) is 0 Å². The molecule has 2 rings (SSSR count). The minimum atomic E-state index is -0.260. The van der Waals surface area contributed by atoms with Crippen LogP contribution in [0.5, 0.6) is 0 Å². The van der Waals surface area contributed by atoms with Crippen molar-refractivity contribution in [3.8, 4) is 0 Å². The number of fused-ring (bicyclic) bond motifs is 1. The zero-order valence-electron chi connectivity index (χ0n) is 11.5. The molecule has 1 aromatic rings. The molecule has 3 heteroatoms. The van der Waals surface area contributed by atoms with E-state index < -0.39 is 0 Å². The van der Waals surface area contributed by atoms with E-state index in [0.29, 0.717) is 11.8 Å². The molecule has 0 radical (unpaired) electrons. The van der Waals surface area contributed by atoms with Crippen LogP contribution in [-0.4, -0.2) is 17.3 Å². The van der Waals surface area contributed by atoms with E-state index in [2.05, 4.69) is 27.7 Å². The molecule has 98 valence electrons. The molecule has 1 aliphatic rings. The van der Waals surface area contributed by atoms with Crippen molar-refractivity contribution in [3.05, 3.63) is 35.1 Å². The van der Waals surface area contributed by atoms with E-state index >= 15 is 0 Å². The highest BCUT2D eigenvalue weighted by atomic mass is 19.1. The Morgan fingerprint density at radius 2 is 2.06 bits per heavy atom. The maximum absolute atomic E-state index is 13.2. The van der Waals surface area contributed by atoms with Crippen LogP contribution in [0.1, 0.15) is 38.8 Å². The first-order valence-electron chi connectivity index (χ1n) is 6.41. The molecule has 0 aliphatic carbocycles.